The molecule has 10 aromatic rings. The van der Waals surface area contributed by atoms with Crippen LogP contribution in [-0.4, -0.2) is 11.7 Å². The number of nitrogens with zero attached hydrogens (tertiary/aromatic N) is 2. The average molecular weight is 694 g/mol. The minimum absolute atomic E-state index is 0.431. The number of benzene rings is 8. The monoisotopic (exact) mass is 693 g/mol. The first-order valence-electron chi connectivity index (χ1n) is 18.2. The Balaban J connectivity index is 1.04. The Morgan fingerprint density at radius 1 is 0.389 bits per heavy atom. The summed E-state index contributed by atoms with van der Waals surface area (Å²) in [6.45, 7) is 0. The van der Waals surface area contributed by atoms with Crippen molar-refractivity contribution >= 4 is 66.3 Å². The first-order chi connectivity index (χ1) is 26.7. The van der Waals surface area contributed by atoms with Gasteiger partial charge in [0.05, 0.1) is 0 Å². The van der Waals surface area contributed by atoms with Gasteiger partial charge < -0.3 is 14.2 Å². The number of hydrogen-bond acceptors (Lipinski definition) is 5. The Bertz CT molecular complexity index is 3080. The fourth-order valence-electron chi connectivity index (χ4n) is 7.91. The maximum absolute atomic E-state index is 6.94. The molecule has 0 radical (unpaired) electrons. The van der Waals surface area contributed by atoms with Crippen LogP contribution in [0.2, 0.25) is 0 Å². The van der Waals surface area contributed by atoms with Gasteiger partial charge in [0.15, 0.2) is 6.17 Å². The van der Waals surface area contributed by atoms with Gasteiger partial charge in [0.1, 0.15) is 34.0 Å². The Morgan fingerprint density at radius 3 is 1.54 bits per heavy atom. The quantitative estimate of drug-likeness (QED) is 0.195. The molecule has 0 unspecified atom stereocenters. The molecule has 2 aromatic heterocycles. The van der Waals surface area contributed by atoms with Crippen molar-refractivity contribution in [2.24, 2.45) is 9.98 Å². The molecular weight excluding hydrogens is 663 g/mol. The number of para-hydroxylation sites is 3. The zero-order chi connectivity index (χ0) is 35.6. The van der Waals surface area contributed by atoms with Gasteiger partial charge >= 0.3 is 0 Å². The van der Waals surface area contributed by atoms with Gasteiger partial charge in [-0.3, -0.25) is 0 Å². The van der Waals surface area contributed by atoms with Gasteiger partial charge in [-0.2, -0.15) is 0 Å². The number of fused-ring (bicyclic) bond motifs is 7. The van der Waals surface area contributed by atoms with Gasteiger partial charge in [-0.25, -0.2) is 9.98 Å². The highest BCUT2D eigenvalue weighted by atomic mass is 16.3. The molecule has 0 amide bonds. The second-order valence-electron chi connectivity index (χ2n) is 13.8. The number of furan rings is 2. The molecule has 0 atom stereocenters. The first kappa shape index (κ1) is 30.4. The van der Waals surface area contributed by atoms with Crippen molar-refractivity contribution < 1.29 is 8.83 Å². The SMILES string of the molecule is c1ccc(C2=NC(c3cccc(-c4cccc5c4oc4c(-c6cccc7c6oc6cc8ccccc8cc67)cccc45)c3)N=C(c3ccccc3)N2)cc1. The summed E-state index contributed by atoms with van der Waals surface area (Å²) in [5.74, 6) is 1.58. The predicted octanol–water partition coefficient (Wildman–Crippen LogP) is 12.5. The first-order valence-corrected chi connectivity index (χ1v) is 18.2. The van der Waals surface area contributed by atoms with E-state index in [4.69, 9.17) is 18.8 Å². The van der Waals surface area contributed by atoms with E-state index >= 15 is 0 Å². The zero-order valence-corrected chi connectivity index (χ0v) is 29.0. The van der Waals surface area contributed by atoms with E-state index in [9.17, 15) is 0 Å². The molecule has 3 heterocycles. The molecule has 5 nitrogen and oxygen atoms in total. The molecule has 8 aromatic carbocycles. The van der Waals surface area contributed by atoms with E-state index in [1.807, 2.05) is 36.4 Å². The van der Waals surface area contributed by atoms with Gasteiger partial charge in [0, 0.05) is 49.4 Å². The van der Waals surface area contributed by atoms with Crippen molar-refractivity contribution in [3.05, 3.63) is 193 Å². The summed E-state index contributed by atoms with van der Waals surface area (Å²) in [6, 6.07) is 60.9. The third kappa shape index (κ3) is 4.94. The second-order valence-corrected chi connectivity index (χ2v) is 13.8. The maximum Gasteiger partial charge on any atom is 0.169 e. The molecule has 1 aliphatic heterocycles. The highest BCUT2D eigenvalue weighted by Crippen LogP contribution is 2.43. The van der Waals surface area contributed by atoms with E-state index in [0.717, 1.165) is 99.9 Å². The lowest BCUT2D eigenvalue weighted by Crippen LogP contribution is -2.35. The van der Waals surface area contributed by atoms with Crippen molar-refractivity contribution in [1.29, 1.82) is 0 Å². The Morgan fingerprint density at radius 2 is 0.889 bits per heavy atom. The van der Waals surface area contributed by atoms with Crippen molar-refractivity contribution in [3.63, 3.8) is 0 Å². The van der Waals surface area contributed by atoms with E-state index in [1.165, 1.54) is 5.39 Å². The molecule has 0 bridgehead atoms. The summed E-state index contributed by atoms with van der Waals surface area (Å²) >= 11 is 0. The van der Waals surface area contributed by atoms with Crippen LogP contribution in [0.15, 0.2) is 195 Å². The zero-order valence-electron chi connectivity index (χ0n) is 29.0. The summed E-state index contributed by atoms with van der Waals surface area (Å²) in [7, 11) is 0. The summed E-state index contributed by atoms with van der Waals surface area (Å²) in [5.41, 5.74) is 10.5. The predicted molar refractivity (Wildman–Crippen MR) is 221 cm³/mol. The molecule has 5 heteroatoms. The minimum Gasteiger partial charge on any atom is -0.455 e. The molecule has 0 aliphatic carbocycles. The van der Waals surface area contributed by atoms with Crippen LogP contribution in [0, 0.1) is 0 Å². The van der Waals surface area contributed by atoms with Crippen molar-refractivity contribution in [1.82, 2.24) is 5.32 Å². The second kappa shape index (κ2) is 12.2. The summed E-state index contributed by atoms with van der Waals surface area (Å²) < 4.78 is 13.6. The van der Waals surface area contributed by atoms with Crippen LogP contribution in [0.1, 0.15) is 22.9 Å². The minimum atomic E-state index is -0.431. The van der Waals surface area contributed by atoms with Crippen LogP contribution in [0.25, 0.3) is 76.9 Å². The number of hydrogen-bond donors (Lipinski definition) is 1. The van der Waals surface area contributed by atoms with E-state index in [0.29, 0.717) is 0 Å². The summed E-state index contributed by atoms with van der Waals surface area (Å²) in [5, 5.41) is 10.2. The fraction of sp³-hybridized carbons (Fsp3) is 0.0204. The van der Waals surface area contributed by atoms with Gasteiger partial charge in [-0.1, -0.05) is 158 Å². The van der Waals surface area contributed by atoms with E-state index in [2.05, 4.69) is 145 Å². The Labute approximate surface area is 310 Å². The summed E-state index contributed by atoms with van der Waals surface area (Å²) in [6.07, 6.45) is -0.431. The highest BCUT2D eigenvalue weighted by molar-refractivity contribution is 6.18. The lowest BCUT2D eigenvalue weighted by Gasteiger charge is -2.22. The largest absolute Gasteiger partial charge is 0.455 e. The molecular formula is C49H31N3O2. The highest BCUT2D eigenvalue weighted by Gasteiger charge is 2.23. The van der Waals surface area contributed by atoms with Crippen LogP contribution in [-0.2, 0) is 0 Å². The smallest absolute Gasteiger partial charge is 0.169 e. The lowest BCUT2D eigenvalue weighted by atomic mass is 9.98. The summed E-state index contributed by atoms with van der Waals surface area (Å²) in [4.78, 5) is 10.2. The van der Waals surface area contributed by atoms with Crippen LogP contribution >= 0.6 is 0 Å². The maximum atomic E-state index is 6.94. The third-order valence-corrected chi connectivity index (χ3v) is 10.5. The van der Waals surface area contributed by atoms with Gasteiger partial charge in [-0.05, 0) is 40.1 Å². The van der Waals surface area contributed by atoms with E-state index in [1.54, 1.807) is 0 Å². The van der Waals surface area contributed by atoms with E-state index < -0.39 is 6.17 Å². The molecule has 0 saturated carbocycles. The average Bonchev–Trinajstić information content (AvgIpc) is 3.81. The Kier molecular flexibility index (Phi) is 6.85. The molecule has 0 fully saturated rings. The van der Waals surface area contributed by atoms with Crippen molar-refractivity contribution in [3.8, 4) is 22.3 Å². The molecule has 1 N–H and O–H groups in total. The molecule has 0 saturated heterocycles. The molecule has 0 spiro atoms. The van der Waals surface area contributed by atoms with E-state index in [-0.39, 0.29) is 0 Å². The fourth-order valence-corrected chi connectivity index (χ4v) is 7.91. The van der Waals surface area contributed by atoms with Crippen LogP contribution in [0.4, 0.5) is 0 Å². The molecule has 254 valence electrons. The van der Waals surface area contributed by atoms with Crippen molar-refractivity contribution in [2.75, 3.05) is 0 Å². The van der Waals surface area contributed by atoms with Crippen molar-refractivity contribution in [2.45, 2.75) is 6.17 Å². The number of rotatable bonds is 5. The number of nitrogens with one attached hydrogen (secondary N) is 1. The topological polar surface area (TPSA) is 63.0 Å². The lowest BCUT2D eigenvalue weighted by molar-refractivity contribution is 0.666. The van der Waals surface area contributed by atoms with Gasteiger partial charge in [0.2, 0.25) is 0 Å². The van der Waals surface area contributed by atoms with Gasteiger partial charge in [-0.15, -0.1) is 0 Å². The Hall–Kier alpha value is -7.24. The normalized spacial score (nSPS) is 13.5. The van der Waals surface area contributed by atoms with Crippen LogP contribution in [0.5, 0.6) is 0 Å². The molecule has 1 aliphatic rings. The third-order valence-electron chi connectivity index (χ3n) is 10.5. The van der Waals surface area contributed by atoms with Gasteiger partial charge in [0.25, 0.3) is 0 Å². The van der Waals surface area contributed by atoms with Crippen LogP contribution < -0.4 is 5.32 Å². The molecule has 11 rings (SSSR count). The number of aliphatic imine (C=N–C) groups is 2. The number of amidine groups is 2. The standard InChI is InChI=1S/C49H31N3O2/c1-3-13-30(14-4-1)47-50-48(31-15-5-2-6-16-31)52-49(51-47)35-20-9-19-34(27-35)36-21-10-22-37-39-24-11-25-40(46(39)54-44(36)37)38-23-12-26-41-42-28-32-17-7-8-18-33(32)29-43(42)53-45(38)41/h1-29,49H,(H,50,51,52). The van der Waals surface area contributed by atoms with Crippen LogP contribution in [0.3, 0.4) is 0 Å². The molecule has 54 heavy (non-hydrogen) atoms.